The van der Waals surface area contributed by atoms with Crippen molar-refractivity contribution in [2.75, 3.05) is 6.61 Å². The Hall–Kier alpha value is -1.46. The molecular weight excluding hydrogens is 240 g/mol. The Labute approximate surface area is 103 Å². The van der Waals surface area contributed by atoms with Crippen molar-refractivity contribution >= 4 is 11.6 Å². The summed E-state index contributed by atoms with van der Waals surface area (Å²) in [6.07, 6.45) is 4.83. The molecule has 88 valence electrons. The molecule has 3 heterocycles. The van der Waals surface area contributed by atoms with E-state index in [2.05, 4.69) is 15.1 Å². The summed E-state index contributed by atoms with van der Waals surface area (Å²) >= 11 is 5.83. The summed E-state index contributed by atoms with van der Waals surface area (Å²) in [5, 5.41) is 4.76. The molecule has 0 saturated carbocycles. The molecule has 17 heavy (non-hydrogen) atoms. The number of halogens is 1. The summed E-state index contributed by atoms with van der Waals surface area (Å²) < 4.78 is 7.39. The second-order valence-corrected chi connectivity index (χ2v) is 4.53. The second kappa shape index (κ2) is 3.78. The largest absolute Gasteiger partial charge is 0.360 e. The van der Waals surface area contributed by atoms with Crippen LogP contribution in [0.1, 0.15) is 18.7 Å². The maximum absolute atomic E-state index is 5.83. The van der Waals surface area contributed by atoms with Crippen LogP contribution in [-0.4, -0.2) is 26.4 Å². The van der Waals surface area contributed by atoms with E-state index in [1.807, 2.05) is 19.1 Å². The molecule has 3 rings (SSSR count). The third-order valence-electron chi connectivity index (χ3n) is 3.12. The van der Waals surface area contributed by atoms with Crippen molar-refractivity contribution in [3.05, 3.63) is 41.7 Å². The fourth-order valence-electron chi connectivity index (χ4n) is 1.94. The molecule has 0 radical (unpaired) electrons. The average molecular weight is 251 g/mol. The van der Waals surface area contributed by atoms with Gasteiger partial charge in [0.2, 0.25) is 0 Å². The highest BCUT2D eigenvalue weighted by Crippen LogP contribution is 2.46. The molecule has 0 aromatic carbocycles. The van der Waals surface area contributed by atoms with Crippen molar-refractivity contribution < 1.29 is 4.74 Å². The van der Waals surface area contributed by atoms with E-state index in [-0.39, 0.29) is 6.04 Å². The third-order valence-corrected chi connectivity index (χ3v) is 3.35. The first-order valence-corrected chi connectivity index (χ1v) is 5.70. The summed E-state index contributed by atoms with van der Waals surface area (Å²) in [7, 11) is 0. The van der Waals surface area contributed by atoms with E-state index in [1.165, 1.54) is 6.33 Å². The zero-order valence-electron chi connectivity index (χ0n) is 9.25. The van der Waals surface area contributed by atoms with Crippen LogP contribution in [0.25, 0.3) is 0 Å². The van der Waals surface area contributed by atoms with Gasteiger partial charge in [-0.3, -0.25) is 4.98 Å². The Morgan fingerprint density at radius 3 is 2.88 bits per heavy atom. The van der Waals surface area contributed by atoms with Crippen LogP contribution < -0.4 is 0 Å². The normalized spacial score (nSPS) is 24.6. The third kappa shape index (κ3) is 1.71. The first kappa shape index (κ1) is 10.7. The number of ether oxygens (including phenoxy) is 1. The van der Waals surface area contributed by atoms with Gasteiger partial charge in [0.05, 0.1) is 23.4 Å². The van der Waals surface area contributed by atoms with Crippen LogP contribution >= 0.6 is 11.6 Å². The van der Waals surface area contributed by atoms with Crippen LogP contribution in [0.4, 0.5) is 0 Å². The lowest BCUT2D eigenvalue weighted by atomic mass is 9.98. The van der Waals surface area contributed by atoms with E-state index in [1.54, 1.807) is 17.2 Å². The molecule has 1 aliphatic rings. The van der Waals surface area contributed by atoms with Gasteiger partial charge in [0, 0.05) is 6.20 Å². The highest BCUT2D eigenvalue weighted by molar-refractivity contribution is 6.30. The number of aromatic nitrogens is 4. The number of nitrogens with zero attached hydrogens (tertiary/aromatic N) is 4. The Balaban J connectivity index is 1.94. The van der Waals surface area contributed by atoms with Gasteiger partial charge in [0.15, 0.2) is 5.60 Å². The number of hydrogen-bond donors (Lipinski definition) is 0. The van der Waals surface area contributed by atoms with Crippen molar-refractivity contribution in [2.24, 2.45) is 0 Å². The van der Waals surface area contributed by atoms with Crippen LogP contribution in [0.5, 0.6) is 0 Å². The lowest BCUT2D eigenvalue weighted by molar-refractivity contribution is 0.215. The lowest BCUT2D eigenvalue weighted by Gasteiger charge is -2.19. The molecule has 2 atom stereocenters. The average Bonchev–Trinajstić information content (AvgIpc) is 2.97. The van der Waals surface area contributed by atoms with Gasteiger partial charge in [-0.15, -0.1) is 0 Å². The second-order valence-electron chi connectivity index (χ2n) is 4.09. The monoisotopic (exact) mass is 250 g/mol. The minimum Gasteiger partial charge on any atom is -0.360 e. The van der Waals surface area contributed by atoms with Gasteiger partial charge in [0.1, 0.15) is 12.7 Å². The molecule has 2 unspecified atom stereocenters. The van der Waals surface area contributed by atoms with Gasteiger partial charge in [-0.2, -0.15) is 5.10 Å². The molecule has 2 aromatic heterocycles. The molecule has 0 spiro atoms. The van der Waals surface area contributed by atoms with Crippen molar-refractivity contribution in [3.8, 4) is 0 Å². The van der Waals surface area contributed by atoms with E-state index in [9.17, 15) is 0 Å². The summed E-state index contributed by atoms with van der Waals surface area (Å²) in [4.78, 5) is 8.27. The summed E-state index contributed by atoms with van der Waals surface area (Å²) in [6, 6.07) is 3.77. The number of pyridine rings is 1. The van der Waals surface area contributed by atoms with Gasteiger partial charge >= 0.3 is 0 Å². The minimum absolute atomic E-state index is 0.0543. The van der Waals surface area contributed by atoms with Crippen molar-refractivity contribution in [1.29, 1.82) is 0 Å². The van der Waals surface area contributed by atoms with E-state index in [4.69, 9.17) is 16.3 Å². The number of rotatable bonds is 3. The van der Waals surface area contributed by atoms with Crippen LogP contribution in [0, 0.1) is 0 Å². The molecule has 0 bridgehead atoms. The molecule has 2 aromatic rings. The SMILES string of the molecule is CC(n1cncn1)C1(c2ccc(Cl)cn2)CO1. The van der Waals surface area contributed by atoms with E-state index in [0.29, 0.717) is 11.6 Å². The standard InChI is InChI=1S/C11H11ClN4O/c1-8(16-7-13-6-15-16)11(5-17-11)10-3-2-9(12)4-14-10/h2-4,6-8H,5H2,1H3. The van der Waals surface area contributed by atoms with Gasteiger partial charge in [-0.25, -0.2) is 9.67 Å². The molecule has 6 heteroatoms. The number of epoxide rings is 1. The molecule has 0 N–H and O–H groups in total. The van der Waals surface area contributed by atoms with Crippen LogP contribution in [0.15, 0.2) is 31.0 Å². The smallest absolute Gasteiger partial charge is 0.155 e. The van der Waals surface area contributed by atoms with E-state index < -0.39 is 5.60 Å². The molecule has 1 aliphatic heterocycles. The van der Waals surface area contributed by atoms with Gasteiger partial charge in [-0.05, 0) is 19.1 Å². The Morgan fingerprint density at radius 1 is 1.53 bits per heavy atom. The Kier molecular flexibility index (Phi) is 2.38. The maximum Gasteiger partial charge on any atom is 0.155 e. The highest BCUT2D eigenvalue weighted by Gasteiger charge is 2.53. The fourth-order valence-corrected chi connectivity index (χ4v) is 2.05. The first-order chi connectivity index (χ1) is 8.22. The van der Waals surface area contributed by atoms with Crippen LogP contribution in [0.2, 0.25) is 5.02 Å². The van der Waals surface area contributed by atoms with E-state index in [0.717, 1.165) is 5.69 Å². The maximum atomic E-state index is 5.83. The van der Waals surface area contributed by atoms with Gasteiger partial charge < -0.3 is 4.74 Å². The highest BCUT2D eigenvalue weighted by atomic mass is 35.5. The van der Waals surface area contributed by atoms with Gasteiger partial charge in [0.25, 0.3) is 0 Å². The summed E-state index contributed by atoms with van der Waals surface area (Å²) in [5.74, 6) is 0. The molecule has 1 saturated heterocycles. The zero-order chi connectivity index (χ0) is 11.9. The van der Waals surface area contributed by atoms with Crippen molar-refractivity contribution in [2.45, 2.75) is 18.6 Å². The quantitative estimate of drug-likeness (QED) is 0.780. The minimum atomic E-state index is -0.391. The topological polar surface area (TPSA) is 56.1 Å². The van der Waals surface area contributed by atoms with E-state index >= 15 is 0 Å². The summed E-state index contributed by atoms with van der Waals surface area (Å²) in [5.41, 5.74) is 0.489. The number of hydrogen-bond acceptors (Lipinski definition) is 4. The summed E-state index contributed by atoms with van der Waals surface area (Å²) in [6.45, 7) is 2.68. The molecule has 0 aliphatic carbocycles. The molecule has 5 nitrogen and oxygen atoms in total. The first-order valence-electron chi connectivity index (χ1n) is 5.32. The van der Waals surface area contributed by atoms with Crippen LogP contribution in [-0.2, 0) is 10.3 Å². The zero-order valence-corrected chi connectivity index (χ0v) is 10.0. The van der Waals surface area contributed by atoms with Crippen LogP contribution in [0.3, 0.4) is 0 Å². The van der Waals surface area contributed by atoms with Gasteiger partial charge in [-0.1, -0.05) is 11.6 Å². The van der Waals surface area contributed by atoms with Crippen molar-refractivity contribution in [3.63, 3.8) is 0 Å². The Morgan fingerprint density at radius 2 is 2.35 bits per heavy atom. The lowest BCUT2D eigenvalue weighted by Crippen LogP contribution is -2.24. The molecule has 1 fully saturated rings. The van der Waals surface area contributed by atoms with Crippen molar-refractivity contribution in [1.82, 2.24) is 19.7 Å². The Bertz CT molecular complexity index is 507. The predicted molar refractivity (Wildman–Crippen MR) is 61.6 cm³/mol. The fraction of sp³-hybridized carbons (Fsp3) is 0.364. The molecular formula is C11H11ClN4O. The molecule has 0 amide bonds. The predicted octanol–water partition coefficient (Wildman–Crippen LogP) is 1.81.